The molecule has 0 saturated heterocycles. The molecule has 1 N–H and O–H groups in total. The molecule has 132 valence electrons. The Bertz CT molecular complexity index is 1100. The molecule has 1 aromatic carbocycles. The zero-order valence-corrected chi connectivity index (χ0v) is 15.2. The summed E-state index contributed by atoms with van der Waals surface area (Å²) in [4.78, 5) is 15.3. The molecule has 12 heteroatoms. The van der Waals surface area contributed by atoms with Gasteiger partial charge in [-0.25, -0.2) is 14.5 Å². The summed E-state index contributed by atoms with van der Waals surface area (Å²) in [7, 11) is -1.29. The molecule has 9 nitrogen and oxygen atoms in total. The molecule has 2 heterocycles. The third-order valence-corrected chi connectivity index (χ3v) is 5.83. The summed E-state index contributed by atoms with van der Waals surface area (Å²) in [5.41, 5.74) is 0.338. The standard InChI is InChI=1S/C13H11Cl2N5O4S/c1-18(2)25(23,24)20-11-4-9(15)8(14)3-10(11)17-13(20)19-6-7(5-16-19)12(21)22/h3-6H,1-2H3,(H,21,22). The van der Waals surface area contributed by atoms with Crippen LogP contribution in [0.4, 0.5) is 0 Å². The van der Waals surface area contributed by atoms with Gasteiger partial charge < -0.3 is 5.11 Å². The molecule has 3 rings (SSSR count). The number of fused-ring (bicyclic) bond motifs is 1. The highest BCUT2D eigenvalue weighted by molar-refractivity contribution is 7.87. The highest BCUT2D eigenvalue weighted by Gasteiger charge is 2.27. The highest BCUT2D eigenvalue weighted by Crippen LogP contribution is 2.30. The number of hydrogen-bond donors (Lipinski definition) is 1. The first-order valence-electron chi connectivity index (χ1n) is 6.72. The van der Waals surface area contributed by atoms with Crippen molar-refractivity contribution in [2.75, 3.05) is 14.1 Å². The fourth-order valence-electron chi connectivity index (χ4n) is 2.12. The second-order valence-corrected chi connectivity index (χ2v) is 8.01. The molecular weight excluding hydrogens is 393 g/mol. The number of carboxylic acids is 1. The number of carbonyl (C=O) groups is 1. The van der Waals surface area contributed by atoms with E-state index in [1.54, 1.807) is 0 Å². The normalized spacial score (nSPS) is 12.2. The van der Waals surface area contributed by atoms with Gasteiger partial charge in [-0.05, 0) is 12.1 Å². The van der Waals surface area contributed by atoms with E-state index in [1.165, 1.54) is 26.2 Å². The lowest BCUT2D eigenvalue weighted by Crippen LogP contribution is -2.30. The Morgan fingerprint density at radius 3 is 2.44 bits per heavy atom. The third-order valence-electron chi connectivity index (χ3n) is 3.36. The summed E-state index contributed by atoms with van der Waals surface area (Å²) in [6, 6.07) is 2.80. The van der Waals surface area contributed by atoms with Crippen LogP contribution >= 0.6 is 23.2 Å². The lowest BCUT2D eigenvalue weighted by Gasteiger charge is -2.15. The van der Waals surface area contributed by atoms with Crippen LogP contribution in [0.1, 0.15) is 10.4 Å². The van der Waals surface area contributed by atoms with E-state index in [9.17, 15) is 13.2 Å². The van der Waals surface area contributed by atoms with Crippen LogP contribution < -0.4 is 0 Å². The average Bonchev–Trinajstić information content (AvgIpc) is 3.12. The van der Waals surface area contributed by atoms with Crippen molar-refractivity contribution in [3.05, 3.63) is 40.1 Å². The summed E-state index contributed by atoms with van der Waals surface area (Å²) in [6.07, 6.45) is 2.25. The molecule has 0 atom stereocenters. The van der Waals surface area contributed by atoms with Crippen molar-refractivity contribution < 1.29 is 18.3 Å². The number of halogens is 2. The van der Waals surface area contributed by atoms with E-state index in [-0.39, 0.29) is 32.6 Å². The lowest BCUT2D eigenvalue weighted by molar-refractivity contribution is 0.0697. The van der Waals surface area contributed by atoms with Crippen molar-refractivity contribution in [1.29, 1.82) is 0 Å². The van der Waals surface area contributed by atoms with E-state index in [0.717, 1.165) is 25.4 Å². The molecule has 0 radical (unpaired) electrons. The summed E-state index contributed by atoms with van der Waals surface area (Å²) in [6.45, 7) is 0. The number of imidazole rings is 1. The fraction of sp³-hybridized carbons (Fsp3) is 0.154. The molecule has 0 bridgehead atoms. The first kappa shape index (κ1) is 17.7. The van der Waals surface area contributed by atoms with Gasteiger partial charge in [0.05, 0.1) is 32.8 Å². The first-order valence-corrected chi connectivity index (χ1v) is 8.87. The van der Waals surface area contributed by atoms with Crippen LogP contribution in [0.2, 0.25) is 10.0 Å². The van der Waals surface area contributed by atoms with Crippen molar-refractivity contribution >= 4 is 50.4 Å². The molecule has 25 heavy (non-hydrogen) atoms. The zero-order valence-electron chi connectivity index (χ0n) is 12.9. The molecule has 2 aromatic heterocycles. The zero-order chi connectivity index (χ0) is 18.5. The molecule has 3 aromatic rings. The Labute approximate surface area is 152 Å². The van der Waals surface area contributed by atoms with Crippen molar-refractivity contribution in [2.45, 2.75) is 0 Å². The predicted molar refractivity (Wildman–Crippen MR) is 91.8 cm³/mol. The van der Waals surface area contributed by atoms with E-state index in [1.807, 2.05) is 0 Å². The van der Waals surface area contributed by atoms with Gasteiger partial charge in [-0.15, -0.1) is 0 Å². The van der Waals surface area contributed by atoms with Gasteiger partial charge in [0.1, 0.15) is 0 Å². The van der Waals surface area contributed by atoms with E-state index in [2.05, 4.69) is 10.1 Å². The smallest absolute Gasteiger partial charge is 0.338 e. The Balaban J connectivity index is 2.39. The van der Waals surface area contributed by atoms with Gasteiger partial charge in [-0.3, -0.25) is 0 Å². The maximum atomic E-state index is 12.8. The Kier molecular flexibility index (Phi) is 4.23. The lowest BCUT2D eigenvalue weighted by atomic mass is 10.3. The maximum Gasteiger partial charge on any atom is 0.338 e. The minimum absolute atomic E-state index is 0.114. The molecule has 0 fully saturated rings. The van der Waals surface area contributed by atoms with Crippen molar-refractivity contribution in [2.24, 2.45) is 0 Å². The molecule has 0 amide bonds. The summed E-state index contributed by atoms with van der Waals surface area (Å²) >= 11 is 12.0. The maximum absolute atomic E-state index is 12.8. The van der Waals surface area contributed by atoms with E-state index in [0.29, 0.717) is 0 Å². The van der Waals surface area contributed by atoms with E-state index >= 15 is 0 Å². The van der Waals surface area contributed by atoms with Gasteiger partial charge >= 0.3 is 16.2 Å². The Morgan fingerprint density at radius 1 is 1.24 bits per heavy atom. The second kappa shape index (κ2) is 5.99. The molecule has 0 saturated carbocycles. The topological polar surface area (TPSA) is 110 Å². The summed E-state index contributed by atoms with van der Waals surface area (Å²) in [5.74, 6) is -1.31. The molecule has 0 aliphatic rings. The molecule has 0 aliphatic heterocycles. The number of hydrogen-bond acceptors (Lipinski definition) is 5. The predicted octanol–water partition coefficient (Wildman–Crippen LogP) is 1.88. The molecule has 0 spiro atoms. The quantitative estimate of drug-likeness (QED) is 0.711. The van der Waals surface area contributed by atoms with Crippen LogP contribution in [0.25, 0.3) is 17.0 Å². The van der Waals surface area contributed by atoms with Crippen molar-refractivity contribution in [3.8, 4) is 5.95 Å². The third kappa shape index (κ3) is 2.86. The van der Waals surface area contributed by atoms with Crippen LogP contribution in [0.5, 0.6) is 0 Å². The summed E-state index contributed by atoms with van der Waals surface area (Å²) < 4.78 is 28.5. The SMILES string of the molecule is CN(C)S(=O)(=O)n1c(-n2cc(C(=O)O)cn2)nc2cc(Cl)c(Cl)cc21. The number of benzene rings is 1. The number of aromatic carboxylic acids is 1. The molecular formula is C13H11Cl2N5O4S. The van der Waals surface area contributed by atoms with Gasteiger partial charge in [0.15, 0.2) is 0 Å². The van der Waals surface area contributed by atoms with Gasteiger partial charge in [-0.1, -0.05) is 23.2 Å². The largest absolute Gasteiger partial charge is 0.478 e. The van der Waals surface area contributed by atoms with Gasteiger partial charge in [0, 0.05) is 20.3 Å². The van der Waals surface area contributed by atoms with Crippen LogP contribution in [0.3, 0.4) is 0 Å². The molecule has 0 aliphatic carbocycles. The van der Waals surface area contributed by atoms with Crippen LogP contribution in [0.15, 0.2) is 24.5 Å². The number of aromatic nitrogens is 4. The number of carboxylic acid groups (broad SMARTS) is 1. The van der Waals surface area contributed by atoms with E-state index in [4.69, 9.17) is 28.3 Å². The highest BCUT2D eigenvalue weighted by atomic mass is 35.5. The van der Waals surface area contributed by atoms with Crippen molar-refractivity contribution in [1.82, 2.24) is 23.0 Å². The first-order chi connectivity index (χ1) is 11.6. The second-order valence-electron chi connectivity index (χ2n) is 5.20. The van der Waals surface area contributed by atoms with Gasteiger partial charge in [-0.2, -0.15) is 21.8 Å². The van der Waals surface area contributed by atoms with Gasteiger partial charge in [0.25, 0.3) is 0 Å². The van der Waals surface area contributed by atoms with Crippen molar-refractivity contribution in [3.63, 3.8) is 0 Å². The monoisotopic (exact) mass is 403 g/mol. The Hall–Kier alpha value is -2.14. The Morgan fingerprint density at radius 2 is 1.88 bits per heavy atom. The minimum atomic E-state index is -4.00. The van der Waals surface area contributed by atoms with Gasteiger partial charge in [0.2, 0.25) is 5.95 Å². The minimum Gasteiger partial charge on any atom is -0.478 e. The number of nitrogens with zero attached hydrogens (tertiary/aromatic N) is 5. The summed E-state index contributed by atoms with van der Waals surface area (Å²) in [5, 5.41) is 13.3. The molecule has 0 unspecified atom stereocenters. The fourth-order valence-corrected chi connectivity index (χ4v) is 3.48. The average molecular weight is 404 g/mol. The number of rotatable bonds is 4. The van der Waals surface area contributed by atoms with Crippen LogP contribution in [-0.4, -0.2) is 56.6 Å². The van der Waals surface area contributed by atoms with Crippen LogP contribution in [-0.2, 0) is 10.2 Å². The van der Waals surface area contributed by atoms with E-state index < -0.39 is 16.2 Å². The van der Waals surface area contributed by atoms with Crippen LogP contribution in [0, 0.1) is 0 Å².